The summed E-state index contributed by atoms with van der Waals surface area (Å²) in [6.45, 7) is 1.70. The molecule has 27 heavy (non-hydrogen) atoms. The highest BCUT2D eigenvalue weighted by atomic mass is 16.6. The Bertz CT molecular complexity index is 853. The van der Waals surface area contributed by atoms with Crippen molar-refractivity contribution >= 4 is 23.3 Å². The second kappa shape index (κ2) is 8.79. The van der Waals surface area contributed by atoms with Crippen molar-refractivity contribution in [1.29, 1.82) is 0 Å². The van der Waals surface area contributed by atoms with E-state index in [1.165, 1.54) is 11.0 Å². The number of hydrogen-bond acceptors (Lipinski definition) is 5. The van der Waals surface area contributed by atoms with Gasteiger partial charge in [0.15, 0.2) is 0 Å². The monoisotopic (exact) mass is 371 g/mol. The van der Waals surface area contributed by atoms with E-state index in [9.17, 15) is 19.7 Å². The first-order chi connectivity index (χ1) is 12.8. The Kier molecular flexibility index (Phi) is 6.48. The smallest absolute Gasteiger partial charge is 0.305 e. The molecule has 1 atom stereocenters. The van der Waals surface area contributed by atoms with Gasteiger partial charge in [-0.3, -0.25) is 19.7 Å². The number of para-hydroxylation sites is 2. The lowest BCUT2D eigenvalue weighted by atomic mass is 9.99. The van der Waals surface area contributed by atoms with Crippen LogP contribution in [0, 0.1) is 17.0 Å². The molecule has 1 unspecified atom stereocenters. The number of anilines is 1. The number of nitro benzene ring substituents is 1. The van der Waals surface area contributed by atoms with E-state index in [1.807, 2.05) is 19.1 Å². The summed E-state index contributed by atoms with van der Waals surface area (Å²) in [5, 5.41) is 23.0. The largest absolute Gasteiger partial charge is 0.481 e. The van der Waals surface area contributed by atoms with Crippen LogP contribution in [0.15, 0.2) is 48.5 Å². The molecule has 2 N–H and O–H groups in total. The topological polar surface area (TPSA) is 113 Å². The van der Waals surface area contributed by atoms with Crippen molar-refractivity contribution in [3.05, 3.63) is 69.8 Å². The number of carboxylic acids is 1. The highest BCUT2D eigenvalue weighted by molar-refractivity contribution is 5.83. The average molecular weight is 371 g/mol. The Hall–Kier alpha value is -3.42. The second-order valence-electron chi connectivity index (χ2n) is 6.18. The van der Waals surface area contributed by atoms with Gasteiger partial charge in [0.2, 0.25) is 5.91 Å². The maximum absolute atomic E-state index is 12.5. The molecule has 8 heteroatoms. The van der Waals surface area contributed by atoms with Crippen LogP contribution >= 0.6 is 0 Å². The molecular weight excluding hydrogens is 350 g/mol. The molecule has 1 amide bonds. The Morgan fingerprint density at radius 1 is 1.19 bits per heavy atom. The van der Waals surface area contributed by atoms with Crippen LogP contribution in [-0.4, -0.2) is 35.5 Å². The molecule has 8 nitrogen and oxygen atoms in total. The fourth-order valence-corrected chi connectivity index (χ4v) is 2.87. The number of hydrogen-bond donors (Lipinski definition) is 2. The number of carbonyl (C=O) groups excluding carboxylic acids is 1. The number of nitrogens with zero attached hydrogens (tertiary/aromatic N) is 2. The lowest BCUT2D eigenvalue weighted by Crippen LogP contribution is -2.38. The van der Waals surface area contributed by atoms with Crippen LogP contribution in [0.1, 0.15) is 23.6 Å². The van der Waals surface area contributed by atoms with E-state index in [1.54, 1.807) is 37.4 Å². The van der Waals surface area contributed by atoms with Gasteiger partial charge in [0.25, 0.3) is 5.69 Å². The first kappa shape index (κ1) is 19.9. The van der Waals surface area contributed by atoms with Crippen LogP contribution in [0.3, 0.4) is 0 Å². The summed E-state index contributed by atoms with van der Waals surface area (Å²) >= 11 is 0. The van der Waals surface area contributed by atoms with Crippen LogP contribution in [0.4, 0.5) is 11.4 Å². The van der Waals surface area contributed by atoms with Crippen molar-refractivity contribution < 1.29 is 19.6 Å². The first-order valence-corrected chi connectivity index (χ1v) is 8.31. The minimum absolute atomic E-state index is 0.103. The van der Waals surface area contributed by atoms with Crippen molar-refractivity contribution in [3.63, 3.8) is 0 Å². The Morgan fingerprint density at radius 2 is 1.81 bits per heavy atom. The fraction of sp³-hybridized carbons (Fsp3) is 0.263. The molecule has 0 spiro atoms. The highest BCUT2D eigenvalue weighted by Gasteiger charge is 2.22. The number of nitrogens with one attached hydrogen (secondary N) is 1. The van der Waals surface area contributed by atoms with Gasteiger partial charge in [0, 0.05) is 13.1 Å². The predicted molar refractivity (Wildman–Crippen MR) is 101 cm³/mol. The fourth-order valence-electron chi connectivity index (χ4n) is 2.87. The molecule has 0 aliphatic heterocycles. The third-order valence-corrected chi connectivity index (χ3v) is 4.15. The van der Waals surface area contributed by atoms with Crippen molar-refractivity contribution in [3.8, 4) is 0 Å². The molecule has 142 valence electrons. The molecule has 0 saturated carbocycles. The Balaban J connectivity index is 2.15. The van der Waals surface area contributed by atoms with Crippen molar-refractivity contribution in [2.24, 2.45) is 0 Å². The van der Waals surface area contributed by atoms with Crippen LogP contribution in [0.25, 0.3) is 0 Å². The molecule has 0 fully saturated rings. The quantitative estimate of drug-likeness (QED) is 0.545. The average Bonchev–Trinajstić information content (AvgIpc) is 2.61. The zero-order valence-corrected chi connectivity index (χ0v) is 15.1. The molecule has 2 aromatic carbocycles. The number of aliphatic carboxylic acids is 1. The van der Waals surface area contributed by atoms with E-state index >= 15 is 0 Å². The molecule has 0 saturated heterocycles. The Labute approximate surface area is 156 Å². The number of likely N-dealkylation sites (N-methyl/N-ethyl adjacent to an activating group) is 1. The van der Waals surface area contributed by atoms with Gasteiger partial charge in [-0.25, -0.2) is 0 Å². The summed E-state index contributed by atoms with van der Waals surface area (Å²) in [5.74, 6) is -1.46. The zero-order valence-electron chi connectivity index (χ0n) is 15.1. The summed E-state index contributed by atoms with van der Waals surface area (Å²) in [6.07, 6.45) is -0.258. The number of benzene rings is 2. The normalized spacial score (nSPS) is 11.5. The van der Waals surface area contributed by atoms with E-state index in [2.05, 4.69) is 5.32 Å². The molecule has 2 aromatic rings. The number of carboxylic acid groups (broad SMARTS) is 1. The summed E-state index contributed by atoms with van der Waals surface area (Å²) in [7, 11) is 1.57. The SMILES string of the molecule is Cc1ccccc1C(CC(=O)O)NC(=O)CN(C)c1ccccc1[N+](=O)[O-]. The standard InChI is InChI=1S/C19H21N3O5/c1-13-7-3-4-8-14(13)15(11-19(24)25)20-18(23)12-21(2)16-9-5-6-10-17(16)22(26)27/h3-10,15H,11-12H2,1-2H3,(H,20,23)(H,24,25). The Morgan fingerprint density at radius 3 is 2.44 bits per heavy atom. The van der Waals surface area contributed by atoms with Crippen LogP contribution in [0.2, 0.25) is 0 Å². The van der Waals surface area contributed by atoms with Crippen LogP contribution in [0.5, 0.6) is 0 Å². The third-order valence-electron chi connectivity index (χ3n) is 4.15. The highest BCUT2D eigenvalue weighted by Crippen LogP contribution is 2.26. The lowest BCUT2D eigenvalue weighted by Gasteiger charge is -2.23. The molecule has 0 aromatic heterocycles. The number of aryl methyl sites for hydroxylation is 1. The summed E-state index contributed by atoms with van der Waals surface area (Å²) in [4.78, 5) is 35.8. The van der Waals surface area contributed by atoms with Crippen molar-refractivity contribution in [2.75, 3.05) is 18.5 Å². The summed E-state index contributed by atoms with van der Waals surface area (Å²) in [6, 6.07) is 12.7. The van der Waals surface area contributed by atoms with Crippen LogP contribution < -0.4 is 10.2 Å². The van der Waals surface area contributed by atoms with E-state index in [0.29, 0.717) is 5.69 Å². The molecule has 0 aliphatic carbocycles. The van der Waals surface area contributed by atoms with Crippen molar-refractivity contribution in [1.82, 2.24) is 5.32 Å². The lowest BCUT2D eigenvalue weighted by molar-refractivity contribution is -0.384. The molecule has 0 aliphatic rings. The van der Waals surface area contributed by atoms with Crippen LogP contribution in [-0.2, 0) is 9.59 Å². The van der Waals surface area contributed by atoms with E-state index in [4.69, 9.17) is 5.11 Å². The second-order valence-corrected chi connectivity index (χ2v) is 6.18. The van der Waals surface area contributed by atoms with Gasteiger partial charge in [0.1, 0.15) is 5.69 Å². The molecule has 0 heterocycles. The number of amides is 1. The number of rotatable bonds is 8. The maximum atomic E-state index is 12.5. The van der Waals surface area contributed by atoms with Gasteiger partial charge in [-0.15, -0.1) is 0 Å². The number of nitro groups is 1. The zero-order chi connectivity index (χ0) is 20.0. The first-order valence-electron chi connectivity index (χ1n) is 8.31. The van der Waals surface area contributed by atoms with E-state index in [-0.39, 0.29) is 18.7 Å². The summed E-state index contributed by atoms with van der Waals surface area (Å²) < 4.78 is 0. The van der Waals surface area contributed by atoms with Gasteiger partial charge < -0.3 is 15.3 Å². The van der Waals surface area contributed by atoms with Gasteiger partial charge in [-0.05, 0) is 24.1 Å². The van der Waals surface area contributed by atoms with Gasteiger partial charge >= 0.3 is 5.97 Å². The van der Waals surface area contributed by atoms with Gasteiger partial charge in [-0.2, -0.15) is 0 Å². The van der Waals surface area contributed by atoms with E-state index in [0.717, 1.165) is 11.1 Å². The molecule has 2 rings (SSSR count). The van der Waals surface area contributed by atoms with Crippen molar-refractivity contribution in [2.45, 2.75) is 19.4 Å². The predicted octanol–water partition coefficient (Wildman–Crippen LogP) is 2.67. The third kappa shape index (κ3) is 5.27. The van der Waals surface area contributed by atoms with Gasteiger partial charge in [0.05, 0.1) is 23.9 Å². The summed E-state index contributed by atoms with van der Waals surface area (Å²) in [5.41, 5.74) is 1.80. The minimum Gasteiger partial charge on any atom is -0.481 e. The van der Waals surface area contributed by atoms with Gasteiger partial charge in [-0.1, -0.05) is 36.4 Å². The number of carbonyl (C=O) groups is 2. The van der Waals surface area contributed by atoms with E-state index < -0.39 is 22.8 Å². The molecule has 0 bridgehead atoms. The minimum atomic E-state index is -1.03. The maximum Gasteiger partial charge on any atom is 0.305 e. The molecular formula is C19H21N3O5. The molecule has 0 radical (unpaired) electrons.